The second-order valence-corrected chi connectivity index (χ2v) is 6.17. The molecule has 0 amide bonds. The van der Waals surface area contributed by atoms with Crippen molar-refractivity contribution >= 4 is 23.1 Å². The van der Waals surface area contributed by atoms with Crippen molar-refractivity contribution in [3.8, 4) is 0 Å². The molecule has 0 aliphatic carbocycles. The Hall–Kier alpha value is -0.0300. The van der Waals surface area contributed by atoms with Gasteiger partial charge in [0.1, 0.15) is 0 Å². The minimum Gasteiger partial charge on any atom is -0.271 e. The lowest BCUT2D eigenvalue weighted by Gasteiger charge is -2.15. The molecule has 1 aromatic heterocycles. The lowest BCUT2D eigenvalue weighted by atomic mass is 10.2. The van der Waals surface area contributed by atoms with Crippen LogP contribution in [-0.2, 0) is 6.42 Å². The van der Waals surface area contributed by atoms with Gasteiger partial charge in [-0.25, -0.2) is 0 Å². The summed E-state index contributed by atoms with van der Waals surface area (Å²) in [5.74, 6) is 6.59. The summed E-state index contributed by atoms with van der Waals surface area (Å²) in [6.07, 6.45) is 1.04. The van der Waals surface area contributed by atoms with E-state index in [4.69, 9.17) is 5.84 Å². The molecule has 3 N–H and O–H groups in total. The largest absolute Gasteiger partial charge is 0.271 e. The average Bonchev–Trinajstić information content (AvgIpc) is 2.64. The molecular weight excluding hydrogens is 212 g/mol. The van der Waals surface area contributed by atoms with Gasteiger partial charge in [-0.05, 0) is 23.1 Å². The van der Waals surface area contributed by atoms with Gasteiger partial charge in [-0.15, -0.1) is 11.3 Å². The maximum atomic E-state index is 5.52. The van der Waals surface area contributed by atoms with Gasteiger partial charge in [-0.1, -0.05) is 19.9 Å². The molecule has 0 radical (unpaired) electrons. The van der Waals surface area contributed by atoms with Crippen LogP contribution in [0.5, 0.6) is 0 Å². The predicted molar refractivity (Wildman–Crippen MR) is 66.7 cm³/mol. The van der Waals surface area contributed by atoms with Gasteiger partial charge in [-0.2, -0.15) is 11.8 Å². The van der Waals surface area contributed by atoms with Gasteiger partial charge < -0.3 is 0 Å². The first kappa shape index (κ1) is 12.0. The molecule has 1 heterocycles. The number of thiophene rings is 1. The predicted octanol–water partition coefficient (Wildman–Crippen LogP) is 2.26. The van der Waals surface area contributed by atoms with Crippen molar-refractivity contribution in [1.29, 1.82) is 0 Å². The summed E-state index contributed by atoms with van der Waals surface area (Å²) < 4.78 is 0. The molecule has 1 aromatic rings. The average molecular weight is 230 g/mol. The summed E-state index contributed by atoms with van der Waals surface area (Å²) in [5.41, 5.74) is 2.88. The van der Waals surface area contributed by atoms with E-state index in [2.05, 4.69) is 36.8 Å². The van der Waals surface area contributed by atoms with E-state index in [9.17, 15) is 0 Å². The third-order valence-corrected chi connectivity index (χ3v) is 4.05. The van der Waals surface area contributed by atoms with Crippen molar-refractivity contribution < 1.29 is 0 Å². The van der Waals surface area contributed by atoms with Crippen molar-refractivity contribution in [2.24, 2.45) is 5.84 Å². The van der Waals surface area contributed by atoms with E-state index in [-0.39, 0.29) is 0 Å². The van der Waals surface area contributed by atoms with Crippen LogP contribution in [0.2, 0.25) is 0 Å². The highest BCUT2D eigenvalue weighted by Crippen LogP contribution is 2.15. The summed E-state index contributed by atoms with van der Waals surface area (Å²) in [6.45, 7) is 4.42. The van der Waals surface area contributed by atoms with E-state index in [1.165, 1.54) is 4.88 Å². The van der Waals surface area contributed by atoms with E-state index < -0.39 is 0 Å². The molecule has 0 saturated carbocycles. The van der Waals surface area contributed by atoms with Crippen molar-refractivity contribution in [2.45, 2.75) is 31.6 Å². The smallest absolute Gasteiger partial charge is 0.0349 e. The zero-order chi connectivity index (χ0) is 10.4. The highest BCUT2D eigenvalue weighted by Gasteiger charge is 2.09. The number of rotatable bonds is 6. The topological polar surface area (TPSA) is 38.0 Å². The van der Waals surface area contributed by atoms with Crippen molar-refractivity contribution in [1.82, 2.24) is 5.43 Å². The van der Waals surface area contributed by atoms with Crippen molar-refractivity contribution in [3.63, 3.8) is 0 Å². The van der Waals surface area contributed by atoms with Gasteiger partial charge in [-0.3, -0.25) is 11.3 Å². The Morgan fingerprint density at radius 2 is 2.36 bits per heavy atom. The first-order valence-electron chi connectivity index (χ1n) is 4.82. The molecule has 0 bridgehead atoms. The van der Waals surface area contributed by atoms with Crippen LogP contribution in [0.4, 0.5) is 0 Å². The third-order valence-electron chi connectivity index (χ3n) is 1.89. The van der Waals surface area contributed by atoms with Gasteiger partial charge in [0.15, 0.2) is 0 Å². The Balaban J connectivity index is 2.32. The molecule has 0 aromatic carbocycles. The Morgan fingerprint density at radius 1 is 1.57 bits per heavy atom. The Labute approximate surface area is 94.2 Å². The monoisotopic (exact) mass is 230 g/mol. The van der Waals surface area contributed by atoms with Crippen LogP contribution in [-0.4, -0.2) is 17.0 Å². The Morgan fingerprint density at radius 3 is 2.86 bits per heavy atom. The fourth-order valence-electron chi connectivity index (χ4n) is 1.15. The van der Waals surface area contributed by atoms with Gasteiger partial charge in [0, 0.05) is 16.7 Å². The summed E-state index contributed by atoms with van der Waals surface area (Å²) in [6, 6.07) is 4.64. The number of hydrogen-bond acceptors (Lipinski definition) is 4. The molecule has 0 fully saturated rings. The molecule has 0 saturated heterocycles. The SMILES string of the molecule is CC(C)SCC(Cc1cccs1)NN. The molecule has 0 aliphatic heterocycles. The number of hydrogen-bond donors (Lipinski definition) is 2. The van der Waals surface area contributed by atoms with Gasteiger partial charge in [0.05, 0.1) is 0 Å². The van der Waals surface area contributed by atoms with Crippen molar-refractivity contribution in [3.05, 3.63) is 22.4 Å². The van der Waals surface area contributed by atoms with Crippen LogP contribution in [0.25, 0.3) is 0 Å². The molecule has 0 spiro atoms. The summed E-state index contributed by atoms with van der Waals surface area (Å²) in [7, 11) is 0. The van der Waals surface area contributed by atoms with Gasteiger partial charge in [0.25, 0.3) is 0 Å². The lowest BCUT2D eigenvalue weighted by Crippen LogP contribution is -2.38. The molecule has 14 heavy (non-hydrogen) atoms. The van der Waals surface area contributed by atoms with Gasteiger partial charge in [0.2, 0.25) is 0 Å². The number of nitrogens with one attached hydrogen (secondary N) is 1. The molecule has 80 valence electrons. The van der Waals surface area contributed by atoms with E-state index in [1.54, 1.807) is 11.3 Å². The quantitative estimate of drug-likeness (QED) is 0.581. The molecular formula is C10H18N2S2. The normalized spacial score (nSPS) is 13.4. The highest BCUT2D eigenvalue weighted by atomic mass is 32.2. The molecule has 0 aliphatic rings. The summed E-state index contributed by atoms with van der Waals surface area (Å²) in [5, 5.41) is 2.78. The maximum Gasteiger partial charge on any atom is 0.0349 e. The minimum atomic E-state index is 0.390. The van der Waals surface area contributed by atoms with Crippen LogP contribution in [0.15, 0.2) is 17.5 Å². The van der Waals surface area contributed by atoms with Crippen LogP contribution < -0.4 is 11.3 Å². The van der Waals surface area contributed by atoms with Gasteiger partial charge >= 0.3 is 0 Å². The number of thioether (sulfide) groups is 1. The van der Waals surface area contributed by atoms with E-state index in [0.717, 1.165) is 12.2 Å². The molecule has 2 nitrogen and oxygen atoms in total. The summed E-state index contributed by atoms with van der Waals surface area (Å²) >= 11 is 3.74. The number of hydrazine groups is 1. The zero-order valence-electron chi connectivity index (χ0n) is 8.69. The van der Waals surface area contributed by atoms with Crippen LogP contribution in [0.1, 0.15) is 18.7 Å². The standard InChI is InChI=1S/C10H18N2S2/c1-8(2)14-7-9(12-11)6-10-4-3-5-13-10/h3-5,8-9,12H,6-7,11H2,1-2H3. The van der Waals surface area contributed by atoms with E-state index >= 15 is 0 Å². The third kappa shape index (κ3) is 4.46. The minimum absolute atomic E-state index is 0.390. The second kappa shape index (κ2) is 6.45. The fourth-order valence-corrected chi connectivity index (χ4v) is 2.76. The molecule has 4 heteroatoms. The first-order chi connectivity index (χ1) is 6.72. The molecule has 1 atom stereocenters. The molecule has 1 unspecified atom stereocenters. The number of nitrogens with two attached hydrogens (primary N) is 1. The second-order valence-electron chi connectivity index (χ2n) is 3.53. The van der Waals surface area contributed by atoms with Crippen LogP contribution in [0.3, 0.4) is 0 Å². The van der Waals surface area contributed by atoms with Crippen molar-refractivity contribution in [2.75, 3.05) is 5.75 Å². The van der Waals surface area contributed by atoms with E-state index in [1.807, 2.05) is 11.8 Å². The lowest BCUT2D eigenvalue weighted by molar-refractivity contribution is 0.579. The highest BCUT2D eigenvalue weighted by molar-refractivity contribution is 7.99. The Bertz CT molecular complexity index is 234. The maximum absolute atomic E-state index is 5.52. The van der Waals surface area contributed by atoms with E-state index in [0.29, 0.717) is 11.3 Å². The zero-order valence-corrected chi connectivity index (χ0v) is 10.3. The Kier molecular flexibility index (Phi) is 5.55. The van der Waals surface area contributed by atoms with Crippen LogP contribution >= 0.6 is 23.1 Å². The molecule has 1 rings (SSSR count). The van der Waals surface area contributed by atoms with Crippen LogP contribution in [0, 0.1) is 0 Å². The fraction of sp³-hybridized carbons (Fsp3) is 0.600. The summed E-state index contributed by atoms with van der Waals surface area (Å²) in [4.78, 5) is 1.40. The first-order valence-corrected chi connectivity index (χ1v) is 6.75.